The fraction of sp³-hybridized carbons (Fsp3) is 0.273. The van der Waals surface area contributed by atoms with Crippen molar-refractivity contribution in [3.8, 4) is 11.3 Å². The molecule has 2 N–H and O–H groups in total. The molecule has 1 aromatic heterocycles. The standard InChI is InChI=1S/C22H22ClN3O2/c23-18-8-6-16(7-9-18)20-19(14-25-26-20)21(27)24-15-22(10-12-28-13-11-22)17-4-2-1-3-5-17/h1-9,14H,10-13,15H2,(H,24,27)(H,25,26). The van der Waals surface area contributed by atoms with E-state index in [1.165, 1.54) is 5.56 Å². The third-order valence-corrected chi connectivity index (χ3v) is 5.69. The molecule has 1 fully saturated rings. The molecule has 1 amide bonds. The van der Waals surface area contributed by atoms with Crippen molar-refractivity contribution in [2.75, 3.05) is 19.8 Å². The van der Waals surface area contributed by atoms with E-state index < -0.39 is 0 Å². The van der Waals surface area contributed by atoms with E-state index in [-0.39, 0.29) is 11.3 Å². The summed E-state index contributed by atoms with van der Waals surface area (Å²) < 4.78 is 5.57. The maximum absolute atomic E-state index is 13.0. The number of aromatic amines is 1. The summed E-state index contributed by atoms with van der Waals surface area (Å²) in [5.41, 5.74) is 3.21. The number of ether oxygens (including phenoxy) is 1. The van der Waals surface area contributed by atoms with Gasteiger partial charge in [0.1, 0.15) is 0 Å². The van der Waals surface area contributed by atoms with E-state index in [9.17, 15) is 4.79 Å². The van der Waals surface area contributed by atoms with Gasteiger partial charge in [-0.2, -0.15) is 5.10 Å². The molecule has 2 heterocycles. The van der Waals surface area contributed by atoms with Crippen LogP contribution in [0.4, 0.5) is 0 Å². The third kappa shape index (κ3) is 3.81. The minimum absolute atomic E-state index is 0.112. The fourth-order valence-electron chi connectivity index (χ4n) is 3.76. The van der Waals surface area contributed by atoms with Gasteiger partial charge in [-0.25, -0.2) is 0 Å². The van der Waals surface area contributed by atoms with Crippen molar-refractivity contribution in [3.63, 3.8) is 0 Å². The van der Waals surface area contributed by atoms with E-state index >= 15 is 0 Å². The van der Waals surface area contributed by atoms with Crippen LogP contribution in [0, 0.1) is 0 Å². The molecule has 144 valence electrons. The number of rotatable bonds is 5. The highest BCUT2D eigenvalue weighted by atomic mass is 35.5. The molecule has 0 aliphatic carbocycles. The van der Waals surface area contributed by atoms with Crippen molar-refractivity contribution in [2.45, 2.75) is 18.3 Å². The molecule has 0 radical (unpaired) electrons. The second kappa shape index (κ2) is 8.17. The summed E-state index contributed by atoms with van der Waals surface area (Å²) in [6.07, 6.45) is 3.33. The zero-order chi connectivity index (χ0) is 19.4. The van der Waals surface area contributed by atoms with E-state index in [1.807, 2.05) is 30.3 Å². The van der Waals surface area contributed by atoms with Crippen molar-refractivity contribution in [1.82, 2.24) is 15.5 Å². The summed E-state index contributed by atoms with van der Waals surface area (Å²) >= 11 is 5.97. The second-order valence-electron chi connectivity index (χ2n) is 7.11. The van der Waals surface area contributed by atoms with Crippen molar-refractivity contribution in [3.05, 3.63) is 76.9 Å². The Labute approximate surface area is 169 Å². The average molecular weight is 396 g/mol. The largest absolute Gasteiger partial charge is 0.381 e. The van der Waals surface area contributed by atoms with Crippen molar-refractivity contribution in [1.29, 1.82) is 0 Å². The summed E-state index contributed by atoms with van der Waals surface area (Å²) in [7, 11) is 0. The molecule has 1 saturated heterocycles. The Bertz CT molecular complexity index is 932. The molecule has 0 saturated carbocycles. The molecule has 6 heteroatoms. The van der Waals surface area contributed by atoms with Crippen LogP contribution < -0.4 is 5.32 Å². The van der Waals surface area contributed by atoms with Gasteiger partial charge in [-0.05, 0) is 30.5 Å². The molecule has 0 atom stereocenters. The lowest BCUT2D eigenvalue weighted by Crippen LogP contribution is -2.44. The van der Waals surface area contributed by atoms with Crippen LogP contribution in [-0.4, -0.2) is 35.9 Å². The number of amides is 1. The number of H-pyrrole nitrogens is 1. The van der Waals surface area contributed by atoms with Gasteiger partial charge in [-0.15, -0.1) is 0 Å². The fourth-order valence-corrected chi connectivity index (χ4v) is 3.89. The van der Waals surface area contributed by atoms with E-state index in [1.54, 1.807) is 18.3 Å². The quantitative estimate of drug-likeness (QED) is 0.680. The number of hydrogen-bond donors (Lipinski definition) is 2. The predicted octanol–water partition coefficient (Wildman–Crippen LogP) is 4.21. The normalized spacial score (nSPS) is 15.9. The van der Waals surface area contributed by atoms with Crippen LogP contribution in [0.5, 0.6) is 0 Å². The Morgan fingerprint density at radius 1 is 1.11 bits per heavy atom. The zero-order valence-electron chi connectivity index (χ0n) is 15.5. The Morgan fingerprint density at radius 2 is 1.82 bits per heavy atom. The Balaban J connectivity index is 1.54. The van der Waals surface area contributed by atoms with E-state index in [4.69, 9.17) is 16.3 Å². The highest BCUT2D eigenvalue weighted by molar-refractivity contribution is 6.30. The van der Waals surface area contributed by atoms with Crippen LogP contribution in [0.15, 0.2) is 60.8 Å². The first-order chi connectivity index (χ1) is 13.7. The van der Waals surface area contributed by atoms with Crippen LogP contribution in [0.2, 0.25) is 5.02 Å². The number of halogens is 1. The van der Waals surface area contributed by atoms with Gasteiger partial charge >= 0.3 is 0 Å². The van der Waals surface area contributed by atoms with Crippen LogP contribution in [0.25, 0.3) is 11.3 Å². The molecular formula is C22H22ClN3O2. The van der Waals surface area contributed by atoms with Gasteiger partial charge < -0.3 is 10.1 Å². The number of nitrogens with one attached hydrogen (secondary N) is 2. The number of carbonyl (C=O) groups is 1. The highest BCUT2D eigenvalue weighted by Crippen LogP contribution is 2.34. The predicted molar refractivity (Wildman–Crippen MR) is 110 cm³/mol. The van der Waals surface area contributed by atoms with Crippen LogP contribution in [-0.2, 0) is 10.2 Å². The summed E-state index contributed by atoms with van der Waals surface area (Å²) in [4.78, 5) is 13.0. The number of aromatic nitrogens is 2. The summed E-state index contributed by atoms with van der Waals surface area (Å²) in [6, 6.07) is 17.7. The zero-order valence-corrected chi connectivity index (χ0v) is 16.2. The van der Waals surface area contributed by atoms with Crippen molar-refractivity contribution < 1.29 is 9.53 Å². The summed E-state index contributed by atoms with van der Waals surface area (Å²) in [5, 5.41) is 10.8. The molecular weight excluding hydrogens is 374 g/mol. The second-order valence-corrected chi connectivity index (χ2v) is 7.54. The molecule has 0 bridgehead atoms. The minimum atomic E-state index is -0.138. The lowest BCUT2D eigenvalue weighted by molar-refractivity contribution is 0.0487. The maximum Gasteiger partial charge on any atom is 0.255 e. The molecule has 28 heavy (non-hydrogen) atoms. The molecule has 1 aliphatic rings. The Kier molecular flexibility index (Phi) is 5.46. The average Bonchev–Trinajstić information content (AvgIpc) is 3.24. The highest BCUT2D eigenvalue weighted by Gasteiger charge is 2.35. The molecule has 0 spiro atoms. The molecule has 3 aromatic rings. The number of nitrogens with zero attached hydrogens (tertiary/aromatic N) is 1. The smallest absolute Gasteiger partial charge is 0.255 e. The SMILES string of the molecule is O=C(NCC1(c2ccccc2)CCOCC1)c1cn[nH]c1-c1ccc(Cl)cc1. The van der Waals surface area contributed by atoms with Gasteiger partial charge in [-0.3, -0.25) is 9.89 Å². The van der Waals surface area contributed by atoms with Gasteiger partial charge in [0.05, 0.1) is 17.5 Å². The lowest BCUT2D eigenvalue weighted by Gasteiger charge is -2.38. The molecule has 4 rings (SSSR count). The van der Waals surface area contributed by atoms with E-state index in [0.717, 1.165) is 18.4 Å². The van der Waals surface area contributed by atoms with Gasteiger partial charge in [0, 0.05) is 35.8 Å². The number of benzene rings is 2. The Hall–Kier alpha value is -2.63. The van der Waals surface area contributed by atoms with Crippen LogP contribution in [0.1, 0.15) is 28.8 Å². The monoisotopic (exact) mass is 395 g/mol. The van der Waals surface area contributed by atoms with Crippen molar-refractivity contribution in [2.24, 2.45) is 0 Å². The maximum atomic E-state index is 13.0. The molecule has 0 unspecified atom stereocenters. The number of carbonyl (C=O) groups excluding carboxylic acids is 1. The third-order valence-electron chi connectivity index (χ3n) is 5.44. The first-order valence-electron chi connectivity index (χ1n) is 9.39. The van der Waals surface area contributed by atoms with E-state index in [2.05, 4.69) is 27.6 Å². The van der Waals surface area contributed by atoms with Crippen LogP contribution >= 0.6 is 11.6 Å². The first kappa shape index (κ1) is 18.7. The lowest BCUT2D eigenvalue weighted by atomic mass is 9.74. The molecule has 5 nitrogen and oxygen atoms in total. The van der Waals surface area contributed by atoms with Gasteiger partial charge in [0.25, 0.3) is 5.91 Å². The Morgan fingerprint density at radius 3 is 2.54 bits per heavy atom. The van der Waals surface area contributed by atoms with Gasteiger partial charge in [-0.1, -0.05) is 54.1 Å². The van der Waals surface area contributed by atoms with E-state index in [0.29, 0.717) is 36.0 Å². The molecule has 1 aliphatic heterocycles. The van der Waals surface area contributed by atoms with Crippen molar-refractivity contribution >= 4 is 17.5 Å². The first-order valence-corrected chi connectivity index (χ1v) is 9.77. The van der Waals surface area contributed by atoms with Gasteiger partial charge in [0.15, 0.2) is 0 Å². The van der Waals surface area contributed by atoms with Crippen LogP contribution in [0.3, 0.4) is 0 Å². The number of hydrogen-bond acceptors (Lipinski definition) is 3. The molecule has 2 aromatic carbocycles. The topological polar surface area (TPSA) is 67.0 Å². The summed E-state index contributed by atoms with van der Waals surface area (Å²) in [5.74, 6) is -0.138. The summed E-state index contributed by atoms with van der Waals surface area (Å²) in [6.45, 7) is 1.96. The van der Waals surface area contributed by atoms with Gasteiger partial charge in [0.2, 0.25) is 0 Å². The minimum Gasteiger partial charge on any atom is -0.381 e.